The number of nitrogens with zero attached hydrogens (tertiary/aromatic N) is 5. The molecule has 1 aromatic carbocycles. The van der Waals surface area contributed by atoms with Gasteiger partial charge in [-0.25, -0.2) is 0 Å². The fourth-order valence-corrected chi connectivity index (χ4v) is 3.38. The van der Waals surface area contributed by atoms with Crippen LogP contribution in [0, 0.1) is 0 Å². The van der Waals surface area contributed by atoms with E-state index in [9.17, 15) is 18.0 Å². The highest BCUT2D eigenvalue weighted by atomic mass is 32.2. The van der Waals surface area contributed by atoms with Gasteiger partial charge in [0.1, 0.15) is 0 Å². The van der Waals surface area contributed by atoms with Crippen molar-refractivity contribution in [1.82, 2.24) is 24.8 Å². The highest BCUT2D eigenvalue weighted by Crippen LogP contribution is 2.34. The number of thioether (sulfide) groups is 1. The van der Waals surface area contributed by atoms with Crippen LogP contribution in [0.1, 0.15) is 5.56 Å². The number of para-hydroxylation sites is 1. The van der Waals surface area contributed by atoms with E-state index in [1.54, 1.807) is 36.7 Å². The number of nitrogens with one attached hydrogen (secondary N) is 1. The van der Waals surface area contributed by atoms with Crippen LogP contribution in [0.3, 0.4) is 0 Å². The SMILES string of the molecule is O=C(CSc1nnc2ccc(-c3ccncc3)nn12)Nc1ccccc1C(F)(F)F. The summed E-state index contributed by atoms with van der Waals surface area (Å²) in [5, 5.41) is 15.1. The summed E-state index contributed by atoms with van der Waals surface area (Å²) in [7, 11) is 0. The lowest BCUT2D eigenvalue weighted by molar-refractivity contribution is -0.137. The van der Waals surface area contributed by atoms with Gasteiger partial charge >= 0.3 is 6.18 Å². The smallest absolute Gasteiger partial charge is 0.325 e. The zero-order valence-corrected chi connectivity index (χ0v) is 16.0. The molecule has 0 atom stereocenters. The van der Waals surface area contributed by atoms with Crippen LogP contribution in [0.2, 0.25) is 0 Å². The standard InChI is InChI=1S/C19H13F3N6OS/c20-19(21,22)13-3-1-2-4-15(13)24-17(29)11-30-18-26-25-16-6-5-14(27-28(16)18)12-7-9-23-10-8-12/h1-10H,11H2,(H,24,29). The number of benzene rings is 1. The molecule has 4 rings (SSSR count). The minimum Gasteiger partial charge on any atom is -0.325 e. The van der Waals surface area contributed by atoms with Crippen LogP contribution in [-0.4, -0.2) is 36.5 Å². The molecule has 1 amide bonds. The Morgan fingerprint density at radius 3 is 2.57 bits per heavy atom. The lowest BCUT2D eigenvalue weighted by Gasteiger charge is -2.13. The largest absolute Gasteiger partial charge is 0.418 e. The first-order valence-corrected chi connectivity index (χ1v) is 9.62. The number of rotatable bonds is 5. The van der Waals surface area contributed by atoms with E-state index >= 15 is 0 Å². The number of alkyl halides is 3. The van der Waals surface area contributed by atoms with E-state index in [2.05, 4.69) is 25.6 Å². The van der Waals surface area contributed by atoms with Crippen LogP contribution >= 0.6 is 11.8 Å². The number of anilines is 1. The van der Waals surface area contributed by atoms with E-state index in [0.29, 0.717) is 16.5 Å². The van der Waals surface area contributed by atoms with Gasteiger partial charge in [0.2, 0.25) is 11.1 Å². The zero-order chi connectivity index (χ0) is 21.1. The summed E-state index contributed by atoms with van der Waals surface area (Å²) in [5.74, 6) is -0.757. The molecule has 4 aromatic rings. The number of hydrogen-bond donors (Lipinski definition) is 1. The Hall–Kier alpha value is -3.47. The average molecular weight is 430 g/mol. The molecule has 0 unspecified atom stereocenters. The molecular formula is C19H13F3N6OS. The summed E-state index contributed by atoms with van der Waals surface area (Å²) in [6.45, 7) is 0. The molecule has 7 nitrogen and oxygen atoms in total. The van der Waals surface area contributed by atoms with Crippen LogP contribution in [-0.2, 0) is 11.0 Å². The third-order valence-electron chi connectivity index (χ3n) is 4.05. The van der Waals surface area contributed by atoms with E-state index in [4.69, 9.17) is 0 Å². The van der Waals surface area contributed by atoms with Crippen molar-refractivity contribution in [3.05, 3.63) is 66.5 Å². The van der Waals surface area contributed by atoms with Crippen molar-refractivity contribution in [1.29, 1.82) is 0 Å². The molecule has 0 saturated carbocycles. The molecule has 0 aliphatic rings. The summed E-state index contributed by atoms with van der Waals surface area (Å²) in [4.78, 5) is 16.2. The summed E-state index contributed by atoms with van der Waals surface area (Å²) < 4.78 is 40.7. The van der Waals surface area contributed by atoms with Crippen LogP contribution in [0.4, 0.5) is 18.9 Å². The van der Waals surface area contributed by atoms with Crippen molar-refractivity contribution in [2.45, 2.75) is 11.3 Å². The number of carbonyl (C=O) groups is 1. The number of carbonyl (C=O) groups excluding carboxylic acids is 1. The van der Waals surface area contributed by atoms with Crippen molar-refractivity contribution in [3.63, 3.8) is 0 Å². The summed E-state index contributed by atoms with van der Waals surface area (Å²) >= 11 is 1.02. The average Bonchev–Trinajstić information content (AvgIpc) is 3.15. The third kappa shape index (κ3) is 4.25. The maximum Gasteiger partial charge on any atom is 0.418 e. The van der Waals surface area contributed by atoms with Crippen molar-refractivity contribution in [3.8, 4) is 11.3 Å². The lowest BCUT2D eigenvalue weighted by atomic mass is 10.1. The van der Waals surface area contributed by atoms with Gasteiger partial charge in [-0.05, 0) is 36.4 Å². The predicted molar refractivity (Wildman–Crippen MR) is 105 cm³/mol. The van der Waals surface area contributed by atoms with E-state index in [-0.39, 0.29) is 11.4 Å². The summed E-state index contributed by atoms with van der Waals surface area (Å²) in [6.07, 6.45) is -1.27. The Kier molecular flexibility index (Phi) is 5.36. The summed E-state index contributed by atoms with van der Waals surface area (Å²) in [6, 6.07) is 11.9. The lowest BCUT2D eigenvalue weighted by Crippen LogP contribution is -2.18. The molecule has 0 saturated heterocycles. The Balaban J connectivity index is 1.50. The van der Waals surface area contributed by atoms with Crippen LogP contribution in [0.15, 0.2) is 66.1 Å². The maximum absolute atomic E-state index is 13.1. The van der Waals surface area contributed by atoms with Crippen molar-refractivity contribution in [2.75, 3.05) is 11.1 Å². The molecule has 0 radical (unpaired) electrons. The second kappa shape index (κ2) is 8.11. The maximum atomic E-state index is 13.1. The van der Waals surface area contributed by atoms with Gasteiger partial charge in [-0.2, -0.15) is 22.8 Å². The van der Waals surface area contributed by atoms with E-state index in [1.807, 2.05) is 0 Å². The van der Waals surface area contributed by atoms with Gasteiger partial charge in [0.15, 0.2) is 5.65 Å². The first-order valence-electron chi connectivity index (χ1n) is 8.63. The number of pyridine rings is 1. The molecule has 152 valence electrons. The molecule has 1 N–H and O–H groups in total. The third-order valence-corrected chi connectivity index (χ3v) is 4.97. The van der Waals surface area contributed by atoms with Crippen molar-refractivity contribution in [2.24, 2.45) is 0 Å². The molecule has 3 heterocycles. The first-order chi connectivity index (χ1) is 14.4. The topological polar surface area (TPSA) is 85.1 Å². The molecule has 0 spiro atoms. The van der Waals surface area contributed by atoms with E-state index < -0.39 is 17.6 Å². The van der Waals surface area contributed by atoms with Crippen molar-refractivity contribution >= 4 is 29.0 Å². The van der Waals surface area contributed by atoms with Gasteiger partial charge < -0.3 is 5.32 Å². The molecule has 11 heteroatoms. The minimum atomic E-state index is -4.56. The Morgan fingerprint density at radius 2 is 1.80 bits per heavy atom. The number of hydrogen-bond acceptors (Lipinski definition) is 6. The molecule has 3 aromatic heterocycles. The normalized spacial score (nSPS) is 11.6. The first kappa shape index (κ1) is 19.8. The van der Waals surface area contributed by atoms with Gasteiger partial charge in [-0.1, -0.05) is 23.9 Å². The Bertz CT molecular complexity index is 1200. The molecule has 0 aliphatic carbocycles. The molecule has 0 fully saturated rings. The van der Waals surface area contributed by atoms with E-state index in [1.165, 1.54) is 22.7 Å². The van der Waals surface area contributed by atoms with Gasteiger partial charge in [0, 0.05) is 18.0 Å². The van der Waals surface area contributed by atoms with Crippen molar-refractivity contribution < 1.29 is 18.0 Å². The van der Waals surface area contributed by atoms with Gasteiger partial charge in [0.05, 0.1) is 22.7 Å². The molecule has 0 aliphatic heterocycles. The Morgan fingerprint density at radius 1 is 1.03 bits per heavy atom. The van der Waals surface area contributed by atoms with Gasteiger partial charge in [-0.15, -0.1) is 10.2 Å². The molecule has 0 bridgehead atoms. The van der Waals surface area contributed by atoms with Gasteiger partial charge in [-0.3, -0.25) is 9.78 Å². The fourth-order valence-electron chi connectivity index (χ4n) is 2.69. The highest BCUT2D eigenvalue weighted by Gasteiger charge is 2.33. The zero-order valence-electron chi connectivity index (χ0n) is 15.2. The van der Waals surface area contributed by atoms with Crippen LogP contribution in [0.5, 0.6) is 0 Å². The van der Waals surface area contributed by atoms with E-state index in [0.717, 1.165) is 23.4 Å². The molecule has 30 heavy (non-hydrogen) atoms. The summed E-state index contributed by atoms with van der Waals surface area (Å²) in [5.41, 5.74) is 0.797. The van der Waals surface area contributed by atoms with Gasteiger partial charge in [0.25, 0.3) is 0 Å². The number of amides is 1. The molecular weight excluding hydrogens is 417 g/mol. The van der Waals surface area contributed by atoms with Crippen LogP contribution < -0.4 is 5.32 Å². The minimum absolute atomic E-state index is 0.159. The Labute approximate surface area is 172 Å². The fraction of sp³-hybridized carbons (Fsp3) is 0.105. The monoisotopic (exact) mass is 430 g/mol. The number of fused-ring (bicyclic) bond motifs is 1. The predicted octanol–water partition coefficient (Wildman–Crippen LogP) is 3.94. The second-order valence-electron chi connectivity index (χ2n) is 6.09. The number of halogens is 3. The number of aromatic nitrogens is 5. The van der Waals surface area contributed by atoms with Crippen LogP contribution in [0.25, 0.3) is 16.9 Å². The second-order valence-corrected chi connectivity index (χ2v) is 7.03. The quantitative estimate of drug-likeness (QED) is 0.483. The highest BCUT2D eigenvalue weighted by molar-refractivity contribution is 7.99.